The maximum atomic E-state index is 12.4. The number of halogens is 2. The normalized spacial score (nSPS) is 12.7. The Bertz CT molecular complexity index is 634. The summed E-state index contributed by atoms with van der Waals surface area (Å²) >= 11 is 0. The third kappa shape index (κ3) is 3.26. The van der Waals surface area contributed by atoms with Crippen molar-refractivity contribution in [3.05, 3.63) is 35.4 Å². The van der Waals surface area contributed by atoms with Crippen molar-refractivity contribution in [3.8, 4) is 0 Å². The van der Waals surface area contributed by atoms with Gasteiger partial charge in [-0.3, -0.25) is 9.48 Å². The average molecular weight is 297 g/mol. The summed E-state index contributed by atoms with van der Waals surface area (Å²) in [5, 5.41) is 10.6. The highest BCUT2D eigenvalue weighted by Crippen LogP contribution is 2.17. The molecule has 0 aromatic carbocycles. The number of hydrogen-bond donors (Lipinski definition) is 1. The van der Waals surface area contributed by atoms with Crippen LogP contribution in [0.5, 0.6) is 0 Å². The van der Waals surface area contributed by atoms with Gasteiger partial charge in [0.25, 0.3) is 5.91 Å². The zero-order valence-electron chi connectivity index (χ0n) is 12.0. The van der Waals surface area contributed by atoms with E-state index in [4.69, 9.17) is 0 Å². The standard InChI is InChI=1S/C13H17F2N5O/c1-4-19-7-10(9(3)17-19)8(2)16-12(21)11-5-6-20(18-11)13(14)15/h5-8,13H,4H2,1-3H3,(H,16,21). The first-order valence-corrected chi connectivity index (χ1v) is 6.60. The lowest BCUT2D eigenvalue weighted by atomic mass is 10.1. The number of carbonyl (C=O) groups excluding carboxylic acids is 1. The van der Waals surface area contributed by atoms with E-state index in [1.54, 1.807) is 4.68 Å². The van der Waals surface area contributed by atoms with Gasteiger partial charge in [-0.05, 0) is 26.8 Å². The molecular formula is C13H17F2N5O. The molecule has 21 heavy (non-hydrogen) atoms. The number of carbonyl (C=O) groups is 1. The minimum Gasteiger partial charge on any atom is -0.344 e. The van der Waals surface area contributed by atoms with E-state index in [1.165, 1.54) is 6.07 Å². The van der Waals surface area contributed by atoms with E-state index < -0.39 is 12.5 Å². The number of aromatic nitrogens is 4. The fraction of sp³-hybridized carbons (Fsp3) is 0.462. The van der Waals surface area contributed by atoms with E-state index in [1.807, 2.05) is 27.0 Å². The first-order chi connectivity index (χ1) is 9.92. The molecule has 114 valence electrons. The number of aryl methyl sites for hydroxylation is 2. The second-order valence-corrected chi connectivity index (χ2v) is 4.68. The third-order valence-corrected chi connectivity index (χ3v) is 3.16. The number of nitrogens with one attached hydrogen (secondary N) is 1. The Morgan fingerprint density at radius 3 is 2.67 bits per heavy atom. The van der Waals surface area contributed by atoms with Crippen LogP contribution in [0.25, 0.3) is 0 Å². The molecule has 6 nitrogen and oxygen atoms in total. The van der Waals surface area contributed by atoms with Crippen molar-refractivity contribution in [2.75, 3.05) is 0 Å². The Balaban J connectivity index is 2.08. The van der Waals surface area contributed by atoms with E-state index in [2.05, 4.69) is 15.5 Å². The summed E-state index contributed by atoms with van der Waals surface area (Å²) in [6.45, 7) is 3.62. The van der Waals surface area contributed by atoms with Crippen molar-refractivity contribution in [3.63, 3.8) is 0 Å². The van der Waals surface area contributed by atoms with Gasteiger partial charge < -0.3 is 5.32 Å². The lowest BCUT2D eigenvalue weighted by Crippen LogP contribution is -2.27. The molecule has 1 amide bonds. The predicted octanol–water partition coefficient (Wildman–Crippen LogP) is 2.29. The number of hydrogen-bond acceptors (Lipinski definition) is 3. The first-order valence-electron chi connectivity index (χ1n) is 6.60. The molecule has 0 bridgehead atoms. The zero-order chi connectivity index (χ0) is 15.6. The summed E-state index contributed by atoms with van der Waals surface area (Å²) in [5.41, 5.74) is 1.67. The van der Waals surface area contributed by atoms with Crippen LogP contribution in [0.1, 0.15) is 48.2 Å². The molecule has 1 atom stereocenters. The van der Waals surface area contributed by atoms with E-state index in [0.717, 1.165) is 24.0 Å². The van der Waals surface area contributed by atoms with Crippen molar-refractivity contribution in [1.29, 1.82) is 0 Å². The van der Waals surface area contributed by atoms with Crippen LogP contribution < -0.4 is 5.32 Å². The highest BCUT2D eigenvalue weighted by molar-refractivity contribution is 5.92. The van der Waals surface area contributed by atoms with Gasteiger partial charge in [-0.1, -0.05) is 0 Å². The number of amides is 1. The zero-order valence-corrected chi connectivity index (χ0v) is 12.0. The molecule has 0 radical (unpaired) electrons. The molecule has 0 fully saturated rings. The van der Waals surface area contributed by atoms with Gasteiger partial charge in [-0.2, -0.15) is 19.0 Å². The highest BCUT2D eigenvalue weighted by Gasteiger charge is 2.18. The van der Waals surface area contributed by atoms with Crippen molar-refractivity contribution >= 4 is 5.91 Å². The van der Waals surface area contributed by atoms with Gasteiger partial charge in [0.15, 0.2) is 0 Å². The van der Waals surface area contributed by atoms with E-state index >= 15 is 0 Å². The Labute approximate surface area is 120 Å². The predicted molar refractivity (Wildman–Crippen MR) is 72.0 cm³/mol. The summed E-state index contributed by atoms with van der Waals surface area (Å²) < 4.78 is 27.1. The van der Waals surface area contributed by atoms with E-state index in [0.29, 0.717) is 4.68 Å². The van der Waals surface area contributed by atoms with Gasteiger partial charge >= 0.3 is 6.55 Å². The molecular weight excluding hydrogens is 280 g/mol. The van der Waals surface area contributed by atoms with E-state index in [-0.39, 0.29) is 11.7 Å². The molecule has 1 N–H and O–H groups in total. The second kappa shape index (κ2) is 6.02. The van der Waals surface area contributed by atoms with Crippen molar-refractivity contribution in [2.45, 2.75) is 39.9 Å². The molecule has 0 saturated heterocycles. The molecule has 2 rings (SSSR count). The topological polar surface area (TPSA) is 64.7 Å². The number of alkyl halides is 2. The van der Waals surface area contributed by atoms with Gasteiger partial charge in [0.2, 0.25) is 0 Å². The lowest BCUT2D eigenvalue weighted by Gasteiger charge is -2.12. The molecule has 0 aliphatic carbocycles. The molecule has 2 heterocycles. The van der Waals surface area contributed by atoms with Crippen molar-refractivity contribution in [2.24, 2.45) is 0 Å². The largest absolute Gasteiger partial charge is 0.344 e. The number of nitrogens with zero attached hydrogens (tertiary/aromatic N) is 4. The van der Waals surface area contributed by atoms with Crippen molar-refractivity contribution < 1.29 is 13.6 Å². The molecule has 0 spiro atoms. The van der Waals surface area contributed by atoms with Crippen LogP contribution in [0.15, 0.2) is 18.5 Å². The lowest BCUT2D eigenvalue weighted by molar-refractivity contribution is 0.0559. The van der Waals surface area contributed by atoms with Gasteiger partial charge in [-0.15, -0.1) is 0 Å². The number of rotatable bonds is 5. The fourth-order valence-electron chi connectivity index (χ4n) is 2.04. The second-order valence-electron chi connectivity index (χ2n) is 4.68. The van der Waals surface area contributed by atoms with Gasteiger partial charge in [0.1, 0.15) is 5.69 Å². The van der Waals surface area contributed by atoms with Crippen LogP contribution in [0.4, 0.5) is 8.78 Å². The maximum absolute atomic E-state index is 12.4. The Morgan fingerprint density at radius 2 is 2.14 bits per heavy atom. The smallest absolute Gasteiger partial charge is 0.333 e. The minimum atomic E-state index is -2.76. The Kier molecular flexibility index (Phi) is 4.35. The van der Waals surface area contributed by atoms with Gasteiger partial charge in [-0.25, -0.2) is 4.68 Å². The van der Waals surface area contributed by atoms with Crippen LogP contribution >= 0.6 is 0 Å². The molecule has 1 unspecified atom stereocenters. The summed E-state index contributed by atoms with van der Waals surface area (Å²) in [4.78, 5) is 12.0. The summed E-state index contributed by atoms with van der Waals surface area (Å²) in [6, 6.07) is 0.978. The first kappa shape index (κ1) is 15.1. The van der Waals surface area contributed by atoms with Crippen LogP contribution in [0.3, 0.4) is 0 Å². The van der Waals surface area contributed by atoms with Crippen LogP contribution in [0.2, 0.25) is 0 Å². The van der Waals surface area contributed by atoms with Gasteiger partial charge in [0.05, 0.1) is 11.7 Å². The molecule has 2 aromatic rings. The summed E-state index contributed by atoms with van der Waals surface area (Å²) in [7, 11) is 0. The van der Waals surface area contributed by atoms with E-state index in [9.17, 15) is 13.6 Å². The molecule has 0 saturated carbocycles. The fourth-order valence-corrected chi connectivity index (χ4v) is 2.04. The van der Waals surface area contributed by atoms with Crippen molar-refractivity contribution in [1.82, 2.24) is 24.9 Å². The van der Waals surface area contributed by atoms with Crippen LogP contribution in [0, 0.1) is 6.92 Å². The maximum Gasteiger partial charge on any atom is 0.333 e. The molecule has 2 aromatic heterocycles. The Morgan fingerprint density at radius 1 is 1.43 bits per heavy atom. The molecule has 0 aliphatic heterocycles. The molecule has 8 heteroatoms. The average Bonchev–Trinajstić information content (AvgIpc) is 3.04. The minimum absolute atomic E-state index is 0.0392. The SMILES string of the molecule is CCn1cc(C(C)NC(=O)c2ccn(C(F)F)n2)c(C)n1. The summed E-state index contributed by atoms with van der Waals surface area (Å²) in [6.07, 6.45) is 2.93. The van der Waals surface area contributed by atoms with Gasteiger partial charge in [0, 0.05) is 24.5 Å². The highest BCUT2D eigenvalue weighted by atomic mass is 19.3. The quantitative estimate of drug-likeness (QED) is 0.921. The monoisotopic (exact) mass is 297 g/mol. The summed E-state index contributed by atoms with van der Waals surface area (Å²) in [5.74, 6) is -0.495. The van der Waals surface area contributed by atoms with Crippen LogP contribution in [-0.2, 0) is 6.54 Å². The molecule has 0 aliphatic rings. The third-order valence-electron chi connectivity index (χ3n) is 3.16. The Hall–Kier alpha value is -2.25. The van der Waals surface area contributed by atoms with Crippen LogP contribution in [-0.4, -0.2) is 25.5 Å².